The van der Waals surface area contributed by atoms with Crippen molar-refractivity contribution >= 4 is 22.9 Å². The van der Waals surface area contributed by atoms with E-state index in [0.29, 0.717) is 30.2 Å². The molecule has 2 N–H and O–H groups in total. The number of aromatic nitrogens is 5. The van der Waals surface area contributed by atoms with E-state index in [9.17, 15) is 4.79 Å². The van der Waals surface area contributed by atoms with Gasteiger partial charge in [0, 0.05) is 20.1 Å². The molecule has 0 saturated carbocycles. The lowest BCUT2D eigenvalue weighted by molar-refractivity contribution is 0.0950. The van der Waals surface area contributed by atoms with E-state index in [1.165, 1.54) is 12.5 Å². The average molecular weight is 297 g/mol. The normalized spacial score (nSPS) is 10.6. The van der Waals surface area contributed by atoms with Crippen LogP contribution in [0.1, 0.15) is 10.5 Å². The molecular weight excluding hydrogens is 282 g/mol. The average Bonchev–Trinajstić information content (AvgIpc) is 2.96. The molecule has 0 unspecified atom stereocenters. The number of nitrogens with one attached hydrogen (secondary N) is 2. The van der Waals surface area contributed by atoms with Crippen LogP contribution < -0.4 is 10.6 Å². The van der Waals surface area contributed by atoms with Crippen molar-refractivity contribution in [3.05, 3.63) is 42.5 Å². The van der Waals surface area contributed by atoms with Crippen molar-refractivity contribution in [3.63, 3.8) is 0 Å². The van der Waals surface area contributed by atoms with Gasteiger partial charge in [0.15, 0.2) is 0 Å². The molecule has 0 aliphatic carbocycles. The SMILES string of the molecule is Cn1ncnc1NCCNC(=O)c1cnc2ccccc2n1. The van der Waals surface area contributed by atoms with E-state index in [-0.39, 0.29) is 5.91 Å². The van der Waals surface area contributed by atoms with E-state index in [1.807, 2.05) is 24.3 Å². The second-order valence-electron chi connectivity index (χ2n) is 4.63. The molecule has 112 valence electrons. The summed E-state index contributed by atoms with van der Waals surface area (Å²) >= 11 is 0. The lowest BCUT2D eigenvalue weighted by atomic mass is 10.3. The van der Waals surface area contributed by atoms with Crippen molar-refractivity contribution in [1.29, 1.82) is 0 Å². The van der Waals surface area contributed by atoms with Gasteiger partial charge >= 0.3 is 0 Å². The number of aryl methyl sites for hydroxylation is 1. The number of para-hydroxylation sites is 2. The maximum atomic E-state index is 12.0. The Bertz CT molecular complexity index is 798. The van der Waals surface area contributed by atoms with Crippen molar-refractivity contribution in [3.8, 4) is 0 Å². The number of rotatable bonds is 5. The molecule has 0 radical (unpaired) electrons. The number of hydrogen-bond acceptors (Lipinski definition) is 6. The number of hydrogen-bond donors (Lipinski definition) is 2. The smallest absolute Gasteiger partial charge is 0.271 e. The van der Waals surface area contributed by atoms with Gasteiger partial charge in [-0.2, -0.15) is 10.1 Å². The second-order valence-corrected chi connectivity index (χ2v) is 4.63. The van der Waals surface area contributed by atoms with Crippen molar-refractivity contribution in [1.82, 2.24) is 30.0 Å². The summed E-state index contributed by atoms with van der Waals surface area (Å²) in [6, 6.07) is 7.43. The van der Waals surface area contributed by atoms with Crippen molar-refractivity contribution in [2.75, 3.05) is 18.4 Å². The van der Waals surface area contributed by atoms with Crippen LogP contribution in [0.25, 0.3) is 11.0 Å². The van der Waals surface area contributed by atoms with Crippen LogP contribution in [0.3, 0.4) is 0 Å². The summed E-state index contributed by atoms with van der Waals surface area (Å²) in [6.45, 7) is 0.986. The van der Waals surface area contributed by atoms with Crippen molar-refractivity contribution in [2.45, 2.75) is 0 Å². The minimum Gasteiger partial charge on any atom is -0.353 e. The van der Waals surface area contributed by atoms with E-state index in [2.05, 4.69) is 30.7 Å². The van der Waals surface area contributed by atoms with Gasteiger partial charge in [0.25, 0.3) is 5.91 Å². The monoisotopic (exact) mass is 297 g/mol. The number of carbonyl (C=O) groups excluding carboxylic acids is 1. The van der Waals surface area contributed by atoms with Crippen LogP contribution in [-0.4, -0.2) is 43.7 Å². The van der Waals surface area contributed by atoms with E-state index < -0.39 is 0 Å². The first-order valence-electron chi connectivity index (χ1n) is 6.82. The Morgan fingerprint density at radius 3 is 2.77 bits per heavy atom. The van der Waals surface area contributed by atoms with Gasteiger partial charge in [-0.1, -0.05) is 12.1 Å². The number of nitrogens with zero attached hydrogens (tertiary/aromatic N) is 5. The van der Waals surface area contributed by atoms with Crippen LogP contribution in [-0.2, 0) is 7.05 Å². The fourth-order valence-corrected chi connectivity index (χ4v) is 1.96. The molecule has 3 aromatic rings. The molecule has 1 amide bonds. The highest BCUT2D eigenvalue weighted by Crippen LogP contribution is 2.08. The largest absolute Gasteiger partial charge is 0.353 e. The standard InChI is InChI=1S/C14H15N7O/c1-21-14(18-9-19-21)16-7-6-15-13(22)12-8-17-10-4-2-3-5-11(10)20-12/h2-5,8-9H,6-7H2,1H3,(H,15,22)(H,16,18,19). The lowest BCUT2D eigenvalue weighted by Crippen LogP contribution is -2.30. The molecule has 0 saturated heterocycles. The first-order chi connectivity index (χ1) is 10.7. The van der Waals surface area contributed by atoms with Crippen LogP contribution in [0.15, 0.2) is 36.8 Å². The Morgan fingerprint density at radius 1 is 1.18 bits per heavy atom. The zero-order chi connectivity index (χ0) is 15.4. The molecule has 0 bridgehead atoms. The number of carbonyl (C=O) groups is 1. The fraction of sp³-hybridized carbons (Fsp3) is 0.214. The maximum Gasteiger partial charge on any atom is 0.271 e. The van der Waals surface area contributed by atoms with Gasteiger partial charge < -0.3 is 10.6 Å². The van der Waals surface area contributed by atoms with Gasteiger partial charge in [0.1, 0.15) is 12.0 Å². The minimum atomic E-state index is -0.252. The molecule has 8 nitrogen and oxygen atoms in total. The molecule has 0 aliphatic heterocycles. The summed E-state index contributed by atoms with van der Waals surface area (Å²) in [5, 5.41) is 9.80. The molecule has 1 aromatic carbocycles. The molecule has 2 aromatic heterocycles. The second kappa shape index (κ2) is 6.17. The molecule has 2 heterocycles. The molecule has 0 atom stereocenters. The van der Waals surface area contributed by atoms with E-state index in [4.69, 9.17) is 0 Å². The zero-order valence-electron chi connectivity index (χ0n) is 12.0. The van der Waals surface area contributed by atoms with Gasteiger partial charge in [-0.3, -0.25) is 9.78 Å². The minimum absolute atomic E-state index is 0.252. The summed E-state index contributed by atoms with van der Waals surface area (Å²) in [6.07, 6.45) is 2.94. The molecule has 0 spiro atoms. The van der Waals surface area contributed by atoms with Crippen LogP contribution >= 0.6 is 0 Å². The van der Waals surface area contributed by atoms with Crippen LogP contribution in [0, 0.1) is 0 Å². The predicted molar refractivity (Wildman–Crippen MR) is 81.4 cm³/mol. The van der Waals surface area contributed by atoms with Crippen molar-refractivity contribution in [2.24, 2.45) is 7.05 Å². The van der Waals surface area contributed by atoms with E-state index in [1.54, 1.807) is 11.7 Å². The fourth-order valence-electron chi connectivity index (χ4n) is 1.96. The summed E-state index contributed by atoms with van der Waals surface area (Å²) in [5.74, 6) is 0.401. The maximum absolute atomic E-state index is 12.0. The summed E-state index contributed by atoms with van der Waals surface area (Å²) in [7, 11) is 1.79. The van der Waals surface area contributed by atoms with Gasteiger partial charge in [-0.15, -0.1) is 0 Å². The van der Waals surface area contributed by atoms with Gasteiger partial charge in [0.2, 0.25) is 5.95 Å². The first-order valence-corrected chi connectivity index (χ1v) is 6.82. The third-order valence-electron chi connectivity index (χ3n) is 3.09. The Kier molecular flexibility index (Phi) is 3.90. The third-order valence-corrected chi connectivity index (χ3v) is 3.09. The Balaban J connectivity index is 1.55. The summed E-state index contributed by atoms with van der Waals surface area (Å²) in [5.41, 5.74) is 1.77. The van der Waals surface area contributed by atoms with E-state index in [0.717, 1.165) is 5.52 Å². The van der Waals surface area contributed by atoms with Gasteiger partial charge in [0.05, 0.1) is 17.2 Å². The molecular formula is C14H15N7O. The van der Waals surface area contributed by atoms with Gasteiger partial charge in [-0.05, 0) is 12.1 Å². The lowest BCUT2D eigenvalue weighted by Gasteiger charge is -2.07. The predicted octanol–water partition coefficient (Wildman–Crippen LogP) is 0.600. The topological polar surface area (TPSA) is 97.6 Å². The number of anilines is 1. The third kappa shape index (κ3) is 3.00. The molecule has 22 heavy (non-hydrogen) atoms. The highest BCUT2D eigenvalue weighted by Gasteiger charge is 2.08. The van der Waals surface area contributed by atoms with Gasteiger partial charge in [-0.25, -0.2) is 9.67 Å². The molecule has 8 heteroatoms. The molecule has 0 aliphatic rings. The quantitative estimate of drug-likeness (QED) is 0.669. The summed E-state index contributed by atoms with van der Waals surface area (Å²) < 4.78 is 1.62. The molecule has 0 fully saturated rings. The van der Waals surface area contributed by atoms with Crippen molar-refractivity contribution < 1.29 is 4.79 Å². The highest BCUT2D eigenvalue weighted by molar-refractivity contribution is 5.93. The summed E-state index contributed by atoms with van der Waals surface area (Å²) in [4.78, 5) is 24.6. The number of fused-ring (bicyclic) bond motifs is 1. The molecule has 3 rings (SSSR count). The number of amides is 1. The Labute approximate surface area is 126 Å². The first kappa shape index (κ1) is 13.9. The highest BCUT2D eigenvalue weighted by atomic mass is 16.1. The Morgan fingerprint density at radius 2 is 2.00 bits per heavy atom. The van der Waals surface area contributed by atoms with Crippen LogP contribution in [0.2, 0.25) is 0 Å². The van der Waals surface area contributed by atoms with E-state index >= 15 is 0 Å². The number of benzene rings is 1. The Hall–Kier alpha value is -3.03. The van der Waals surface area contributed by atoms with Crippen LogP contribution in [0.5, 0.6) is 0 Å². The zero-order valence-corrected chi connectivity index (χ0v) is 12.0. The van der Waals surface area contributed by atoms with Crippen LogP contribution in [0.4, 0.5) is 5.95 Å².